The van der Waals surface area contributed by atoms with E-state index >= 15 is 0 Å². The third-order valence-electron chi connectivity index (χ3n) is 1.96. The summed E-state index contributed by atoms with van der Waals surface area (Å²) < 4.78 is 4.97. The first kappa shape index (κ1) is 11.0. The first-order valence-corrected chi connectivity index (χ1v) is 4.96. The van der Waals surface area contributed by atoms with E-state index in [2.05, 4.69) is 4.98 Å². The molecule has 1 aromatic carbocycles. The largest absolute Gasteiger partial charge is 0.543 e. The number of rotatable bonds is 2. The minimum Gasteiger partial charge on any atom is -0.543 e. The van der Waals surface area contributed by atoms with Crippen LogP contribution < -0.4 is 5.11 Å². The summed E-state index contributed by atoms with van der Waals surface area (Å²) in [5.41, 5.74) is 0.0648. The molecule has 2 aromatic rings. The number of oxazole rings is 1. The second-order valence-electron chi connectivity index (χ2n) is 2.92. The number of carbonyl (C=O) groups excluding carboxylic acids is 1. The van der Waals surface area contributed by atoms with Crippen molar-refractivity contribution in [2.45, 2.75) is 0 Å². The predicted octanol–water partition coefficient (Wildman–Crippen LogP) is 2.01. The number of nitrogens with zero attached hydrogens (tertiary/aromatic N) is 1. The van der Waals surface area contributed by atoms with E-state index in [0.29, 0.717) is 10.6 Å². The van der Waals surface area contributed by atoms with Crippen LogP contribution in [-0.2, 0) is 0 Å². The monoisotopic (exact) mass is 256 g/mol. The van der Waals surface area contributed by atoms with Crippen molar-refractivity contribution in [3.8, 4) is 11.3 Å². The highest BCUT2D eigenvalue weighted by Gasteiger charge is 2.15. The molecule has 0 aliphatic rings. The summed E-state index contributed by atoms with van der Waals surface area (Å²) in [5.74, 6) is -1.40. The minimum atomic E-state index is -1.43. The molecule has 0 unspecified atom stereocenters. The standard InChI is InChI=1S/C10H5Cl2NO3/c11-6-3-1-2-5(7(6)12)9-8(10(14)15)13-4-16-9/h1-4H,(H,14,15)/p-1. The number of benzene rings is 1. The fourth-order valence-electron chi connectivity index (χ4n) is 1.26. The van der Waals surface area contributed by atoms with Gasteiger partial charge >= 0.3 is 0 Å². The summed E-state index contributed by atoms with van der Waals surface area (Å²) in [6, 6.07) is 4.80. The molecule has 0 N–H and O–H groups in total. The lowest BCUT2D eigenvalue weighted by Gasteiger charge is -2.04. The SMILES string of the molecule is O=C([O-])c1ncoc1-c1cccc(Cl)c1Cl. The number of halogens is 2. The van der Waals surface area contributed by atoms with Gasteiger partial charge in [-0.25, -0.2) is 4.98 Å². The number of aromatic carboxylic acids is 1. The van der Waals surface area contributed by atoms with E-state index in [1.165, 1.54) is 0 Å². The molecule has 0 saturated heterocycles. The molecule has 0 saturated carbocycles. The number of carboxylic acids is 1. The van der Waals surface area contributed by atoms with Crippen LogP contribution in [-0.4, -0.2) is 11.0 Å². The maximum atomic E-state index is 10.7. The Bertz CT molecular complexity index is 551. The number of carbonyl (C=O) groups is 1. The van der Waals surface area contributed by atoms with Crippen LogP contribution >= 0.6 is 23.2 Å². The van der Waals surface area contributed by atoms with E-state index in [-0.39, 0.29) is 16.5 Å². The van der Waals surface area contributed by atoms with Crippen LogP contribution in [0.3, 0.4) is 0 Å². The number of hydrogen-bond donors (Lipinski definition) is 0. The van der Waals surface area contributed by atoms with Crippen LogP contribution in [0.25, 0.3) is 11.3 Å². The molecule has 0 bridgehead atoms. The lowest BCUT2D eigenvalue weighted by molar-refractivity contribution is -0.255. The van der Waals surface area contributed by atoms with Gasteiger partial charge in [-0.3, -0.25) is 0 Å². The summed E-state index contributed by atoms with van der Waals surface area (Å²) in [5, 5.41) is 11.3. The maximum absolute atomic E-state index is 10.7. The van der Waals surface area contributed by atoms with Gasteiger partial charge < -0.3 is 14.3 Å². The van der Waals surface area contributed by atoms with Crippen molar-refractivity contribution in [1.29, 1.82) is 0 Å². The molecule has 2 rings (SSSR count). The second kappa shape index (κ2) is 4.15. The molecular formula is C10H4Cl2NO3-. The van der Waals surface area contributed by atoms with Crippen molar-refractivity contribution >= 4 is 29.2 Å². The lowest BCUT2D eigenvalue weighted by atomic mass is 10.1. The van der Waals surface area contributed by atoms with E-state index in [4.69, 9.17) is 27.6 Å². The van der Waals surface area contributed by atoms with Gasteiger partial charge in [-0.2, -0.15) is 0 Å². The van der Waals surface area contributed by atoms with E-state index in [1.54, 1.807) is 18.2 Å². The van der Waals surface area contributed by atoms with Gasteiger partial charge in [0.05, 0.1) is 16.0 Å². The fraction of sp³-hybridized carbons (Fsp3) is 0. The number of carboxylic acid groups (broad SMARTS) is 1. The van der Waals surface area contributed by atoms with Crippen molar-refractivity contribution in [2.24, 2.45) is 0 Å². The van der Waals surface area contributed by atoms with Gasteiger partial charge in [-0.05, 0) is 12.1 Å². The van der Waals surface area contributed by atoms with Crippen LogP contribution in [0.5, 0.6) is 0 Å². The molecule has 0 aliphatic carbocycles. The van der Waals surface area contributed by atoms with Gasteiger partial charge in [-0.1, -0.05) is 29.3 Å². The van der Waals surface area contributed by atoms with Crippen LogP contribution in [0, 0.1) is 0 Å². The Morgan fingerprint density at radius 1 is 1.38 bits per heavy atom. The minimum absolute atomic E-state index is 0.0347. The maximum Gasteiger partial charge on any atom is 0.182 e. The molecule has 0 amide bonds. The van der Waals surface area contributed by atoms with Gasteiger partial charge in [0.25, 0.3) is 0 Å². The highest BCUT2D eigenvalue weighted by molar-refractivity contribution is 6.43. The molecule has 0 radical (unpaired) electrons. The quantitative estimate of drug-likeness (QED) is 0.825. The normalized spacial score (nSPS) is 10.4. The van der Waals surface area contributed by atoms with Crippen LogP contribution in [0.2, 0.25) is 10.0 Å². The van der Waals surface area contributed by atoms with Crippen molar-refractivity contribution in [3.05, 3.63) is 40.3 Å². The second-order valence-corrected chi connectivity index (χ2v) is 3.70. The third kappa shape index (κ3) is 1.77. The van der Waals surface area contributed by atoms with E-state index in [9.17, 15) is 9.90 Å². The highest BCUT2D eigenvalue weighted by atomic mass is 35.5. The highest BCUT2D eigenvalue weighted by Crippen LogP contribution is 2.34. The smallest absolute Gasteiger partial charge is 0.182 e. The summed E-state index contributed by atoms with van der Waals surface area (Å²) in [6.45, 7) is 0. The summed E-state index contributed by atoms with van der Waals surface area (Å²) >= 11 is 11.7. The average molecular weight is 257 g/mol. The first-order chi connectivity index (χ1) is 7.61. The first-order valence-electron chi connectivity index (χ1n) is 4.20. The average Bonchev–Trinajstić information content (AvgIpc) is 2.70. The summed E-state index contributed by atoms with van der Waals surface area (Å²) in [7, 11) is 0. The molecule has 1 heterocycles. The zero-order valence-corrected chi connectivity index (χ0v) is 9.25. The molecule has 16 heavy (non-hydrogen) atoms. The Kier molecular flexibility index (Phi) is 2.85. The van der Waals surface area contributed by atoms with Gasteiger partial charge in [0.2, 0.25) is 0 Å². The molecular weight excluding hydrogens is 253 g/mol. The van der Waals surface area contributed by atoms with E-state index in [1.807, 2.05) is 0 Å². The Hall–Kier alpha value is -1.52. The molecule has 0 aliphatic heterocycles. The predicted molar refractivity (Wildman–Crippen MR) is 56.3 cm³/mol. The Labute approximate surface area is 100 Å². The van der Waals surface area contributed by atoms with Crippen LogP contribution in [0.4, 0.5) is 0 Å². The van der Waals surface area contributed by atoms with Gasteiger partial charge in [0.1, 0.15) is 5.69 Å². The summed E-state index contributed by atoms with van der Waals surface area (Å²) in [4.78, 5) is 14.3. The molecule has 0 fully saturated rings. The van der Waals surface area contributed by atoms with Crippen molar-refractivity contribution in [2.75, 3.05) is 0 Å². The van der Waals surface area contributed by atoms with Crippen molar-refractivity contribution < 1.29 is 14.3 Å². The Morgan fingerprint density at radius 3 is 2.81 bits per heavy atom. The fourth-order valence-corrected chi connectivity index (χ4v) is 1.65. The lowest BCUT2D eigenvalue weighted by Crippen LogP contribution is -2.23. The third-order valence-corrected chi connectivity index (χ3v) is 2.78. The van der Waals surface area contributed by atoms with E-state index < -0.39 is 5.97 Å². The zero-order chi connectivity index (χ0) is 11.7. The molecule has 1 aromatic heterocycles. The Morgan fingerprint density at radius 2 is 2.12 bits per heavy atom. The van der Waals surface area contributed by atoms with Crippen molar-refractivity contribution in [1.82, 2.24) is 4.98 Å². The number of hydrogen-bond acceptors (Lipinski definition) is 4. The zero-order valence-electron chi connectivity index (χ0n) is 7.74. The Balaban J connectivity index is 2.63. The number of aromatic nitrogens is 1. The van der Waals surface area contributed by atoms with Gasteiger partial charge in [0.15, 0.2) is 12.2 Å². The van der Waals surface area contributed by atoms with E-state index in [0.717, 1.165) is 6.39 Å². The van der Waals surface area contributed by atoms with Crippen LogP contribution in [0.1, 0.15) is 10.5 Å². The van der Waals surface area contributed by atoms with Gasteiger partial charge in [-0.15, -0.1) is 0 Å². The molecule has 6 heteroatoms. The van der Waals surface area contributed by atoms with Crippen molar-refractivity contribution in [3.63, 3.8) is 0 Å². The molecule has 82 valence electrons. The molecule has 0 atom stereocenters. The van der Waals surface area contributed by atoms with Gasteiger partial charge in [0, 0.05) is 5.56 Å². The van der Waals surface area contributed by atoms with Crippen LogP contribution in [0.15, 0.2) is 29.0 Å². The molecule has 0 spiro atoms. The molecule has 4 nitrogen and oxygen atoms in total. The topological polar surface area (TPSA) is 66.2 Å². The summed E-state index contributed by atoms with van der Waals surface area (Å²) in [6.07, 6.45) is 1.01.